The van der Waals surface area contributed by atoms with E-state index in [9.17, 15) is 9.59 Å². The second kappa shape index (κ2) is 10.5. The Kier molecular flexibility index (Phi) is 8.74. The van der Waals surface area contributed by atoms with Gasteiger partial charge in [-0.15, -0.1) is 11.3 Å². The van der Waals surface area contributed by atoms with E-state index < -0.39 is 0 Å². The first-order chi connectivity index (χ1) is 12.3. The summed E-state index contributed by atoms with van der Waals surface area (Å²) in [7, 11) is 3.93. The van der Waals surface area contributed by atoms with E-state index in [4.69, 9.17) is 9.90 Å². The third kappa shape index (κ3) is 6.12. The summed E-state index contributed by atoms with van der Waals surface area (Å²) in [6.45, 7) is 4.70. The summed E-state index contributed by atoms with van der Waals surface area (Å²) in [5, 5.41) is 11.7. The van der Waals surface area contributed by atoms with Gasteiger partial charge in [0, 0.05) is 23.7 Å². The smallest absolute Gasteiger partial charge is 0.290 e. The molecule has 0 saturated heterocycles. The number of rotatable bonds is 6. The van der Waals surface area contributed by atoms with Gasteiger partial charge in [-0.1, -0.05) is 6.07 Å². The molecule has 1 unspecified atom stereocenters. The first kappa shape index (κ1) is 21.6. The summed E-state index contributed by atoms with van der Waals surface area (Å²) < 4.78 is 1.63. The fourth-order valence-corrected chi connectivity index (χ4v) is 3.19. The van der Waals surface area contributed by atoms with E-state index in [0.29, 0.717) is 12.1 Å². The van der Waals surface area contributed by atoms with Crippen LogP contribution in [0.3, 0.4) is 0 Å². The van der Waals surface area contributed by atoms with Crippen molar-refractivity contribution in [3.63, 3.8) is 0 Å². The van der Waals surface area contributed by atoms with E-state index in [1.54, 1.807) is 29.0 Å². The standard InChI is InChI=1S/C17H23N3O2S.CH2O2/c1-12-7-8-20(13(2)11-19(3)4)17(22)15(12)16(21)18-10-14-6-5-9-23-14;2-1-3/h5-9,13H,10-11H2,1-4H3,(H,18,21);1H,(H,2,3). The summed E-state index contributed by atoms with van der Waals surface area (Å²) in [6.07, 6.45) is 1.77. The van der Waals surface area contributed by atoms with Gasteiger partial charge in [-0.25, -0.2) is 0 Å². The van der Waals surface area contributed by atoms with Gasteiger partial charge in [0.25, 0.3) is 17.9 Å². The molecule has 0 saturated carbocycles. The Balaban J connectivity index is 0.00000105. The molecular formula is C18H25N3O4S. The molecule has 1 amide bonds. The van der Waals surface area contributed by atoms with Gasteiger partial charge in [0.2, 0.25) is 0 Å². The number of hydrogen-bond donors (Lipinski definition) is 2. The highest BCUT2D eigenvalue weighted by atomic mass is 32.1. The lowest BCUT2D eigenvalue weighted by Gasteiger charge is -2.20. The molecule has 0 aliphatic carbocycles. The Hall–Kier alpha value is -2.45. The third-order valence-electron chi connectivity index (χ3n) is 3.66. The normalized spacial score (nSPS) is 11.4. The molecule has 2 aromatic heterocycles. The van der Waals surface area contributed by atoms with Crippen LogP contribution in [-0.2, 0) is 11.3 Å². The van der Waals surface area contributed by atoms with Crippen LogP contribution in [0, 0.1) is 6.92 Å². The van der Waals surface area contributed by atoms with Crippen LogP contribution in [0.15, 0.2) is 34.6 Å². The topological polar surface area (TPSA) is 91.6 Å². The summed E-state index contributed by atoms with van der Waals surface area (Å²) in [5.74, 6) is -0.313. The number of nitrogens with zero attached hydrogens (tertiary/aromatic N) is 2. The summed E-state index contributed by atoms with van der Waals surface area (Å²) in [5.41, 5.74) is 0.699. The van der Waals surface area contributed by atoms with Crippen LogP contribution in [-0.4, -0.2) is 47.6 Å². The molecule has 0 radical (unpaired) electrons. The number of carbonyl (C=O) groups excluding carboxylic acids is 1. The minimum Gasteiger partial charge on any atom is -0.483 e. The number of aryl methyl sites for hydroxylation is 1. The van der Waals surface area contributed by atoms with Gasteiger partial charge < -0.3 is 19.9 Å². The lowest BCUT2D eigenvalue weighted by Crippen LogP contribution is -2.36. The quantitative estimate of drug-likeness (QED) is 0.749. The Morgan fingerprint density at radius 3 is 2.62 bits per heavy atom. The zero-order valence-corrected chi connectivity index (χ0v) is 16.2. The van der Waals surface area contributed by atoms with Crippen molar-refractivity contribution in [2.45, 2.75) is 26.4 Å². The van der Waals surface area contributed by atoms with Crippen molar-refractivity contribution in [2.24, 2.45) is 0 Å². The maximum absolute atomic E-state index is 12.7. The van der Waals surface area contributed by atoms with Crippen LogP contribution >= 0.6 is 11.3 Å². The van der Waals surface area contributed by atoms with Crippen LogP contribution in [0.5, 0.6) is 0 Å². The first-order valence-electron chi connectivity index (χ1n) is 8.06. The number of amides is 1. The monoisotopic (exact) mass is 379 g/mol. The average molecular weight is 379 g/mol. The molecule has 0 aliphatic heterocycles. The molecule has 0 spiro atoms. The van der Waals surface area contributed by atoms with Crippen LogP contribution in [0.1, 0.15) is 33.8 Å². The molecule has 0 aromatic carbocycles. The van der Waals surface area contributed by atoms with Crippen molar-refractivity contribution in [2.75, 3.05) is 20.6 Å². The number of nitrogens with one attached hydrogen (secondary N) is 1. The van der Waals surface area contributed by atoms with E-state index in [0.717, 1.165) is 11.4 Å². The lowest BCUT2D eigenvalue weighted by molar-refractivity contribution is -0.122. The Labute approximate surface area is 156 Å². The zero-order chi connectivity index (χ0) is 19.7. The fraction of sp³-hybridized carbons (Fsp3) is 0.389. The highest BCUT2D eigenvalue weighted by Crippen LogP contribution is 2.10. The minimum absolute atomic E-state index is 0.00180. The van der Waals surface area contributed by atoms with E-state index in [2.05, 4.69) is 5.32 Å². The Bertz CT molecular complexity index is 769. The molecule has 0 bridgehead atoms. The summed E-state index contributed by atoms with van der Waals surface area (Å²) >= 11 is 1.58. The summed E-state index contributed by atoms with van der Waals surface area (Å²) in [4.78, 5) is 36.6. The van der Waals surface area contributed by atoms with Crippen LogP contribution in [0.2, 0.25) is 0 Å². The van der Waals surface area contributed by atoms with Crippen LogP contribution in [0.4, 0.5) is 0 Å². The lowest BCUT2D eigenvalue weighted by atomic mass is 10.1. The van der Waals surface area contributed by atoms with Crippen molar-refractivity contribution >= 4 is 23.7 Å². The number of carbonyl (C=O) groups is 2. The van der Waals surface area contributed by atoms with E-state index in [1.807, 2.05) is 49.5 Å². The molecule has 0 fully saturated rings. The summed E-state index contributed by atoms with van der Waals surface area (Å²) in [6, 6.07) is 5.73. The Morgan fingerprint density at radius 2 is 2.08 bits per heavy atom. The van der Waals surface area contributed by atoms with Crippen molar-refractivity contribution in [1.82, 2.24) is 14.8 Å². The van der Waals surface area contributed by atoms with Crippen molar-refractivity contribution in [3.05, 3.63) is 56.1 Å². The highest BCUT2D eigenvalue weighted by molar-refractivity contribution is 7.09. The SMILES string of the molecule is Cc1ccn(C(C)CN(C)C)c(=O)c1C(=O)NCc1cccs1.O=CO. The maximum Gasteiger partial charge on any atom is 0.290 e. The number of hydrogen-bond acceptors (Lipinski definition) is 5. The van der Waals surface area contributed by atoms with Gasteiger partial charge in [0.15, 0.2) is 0 Å². The zero-order valence-electron chi connectivity index (χ0n) is 15.4. The largest absolute Gasteiger partial charge is 0.483 e. The molecule has 8 heteroatoms. The molecular weight excluding hydrogens is 354 g/mol. The van der Waals surface area contributed by atoms with Gasteiger partial charge in [0.05, 0.1) is 6.54 Å². The number of likely N-dealkylation sites (N-methyl/N-ethyl adjacent to an activating group) is 1. The minimum atomic E-state index is -0.313. The van der Waals surface area contributed by atoms with Gasteiger partial charge in [-0.05, 0) is 51.0 Å². The van der Waals surface area contributed by atoms with Crippen molar-refractivity contribution in [1.29, 1.82) is 0 Å². The predicted molar refractivity (Wildman–Crippen MR) is 103 cm³/mol. The van der Waals surface area contributed by atoms with E-state index in [1.165, 1.54) is 0 Å². The first-order valence-corrected chi connectivity index (χ1v) is 8.94. The molecule has 2 N–H and O–H groups in total. The molecule has 2 heterocycles. The number of aromatic nitrogens is 1. The number of pyridine rings is 1. The van der Waals surface area contributed by atoms with Gasteiger partial charge in [-0.2, -0.15) is 0 Å². The molecule has 142 valence electrons. The maximum atomic E-state index is 12.7. The van der Waals surface area contributed by atoms with Crippen LogP contribution < -0.4 is 10.9 Å². The second-order valence-electron chi connectivity index (χ2n) is 6.06. The van der Waals surface area contributed by atoms with E-state index in [-0.39, 0.29) is 29.5 Å². The van der Waals surface area contributed by atoms with E-state index >= 15 is 0 Å². The molecule has 2 aromatic rings. The third-order valence-corrected chi connectivity index (χ3v) is 4.54. The average Bonchev–Trinajstić information content (AvgIpc) is 3.06. The van der Waals surface area contributed by atoms with Crippen molar-refractivity contribution in [3.8, 4) is 0 Å². The number of carboxylic acid groups (broad SMARTS) is 1. The highest BCUT2D eigenvalue weighted by Gasteiger charge is 2.18. The van der Waals surface area contributed by atoms with Gasteiger partial charge >= 0.3 is 0 Å². The van der Waals surface area contributed by atoms with Crippen molar-refractivity contribution < 1.29 is 14.7 Å². The predicted octanol–water partition coefficient (Wildman–Crippen LogP) is 1.97. The Morgan fingerprint density at radius 1 is 1.42 bits per heavy atom. The van der Waals surface area contributed by atoms with Crippen LogP contribution in [0.25, 0.3) is 0 Å². The van der Waals surface area contributed by atoms with Gasteiger partial charge in [-0.3, -0.25) is 14.4 Å². The molecule has 7 nitrogen and oxygen atoms in total. The molecule has 2 rings (SSSR count). The van der Waals surface area contributed by atoms with Gasteiger partial charge in [0.1, 0.15) is 5.56 Å². The molecule has 1 atom stereocenters. The fourth-order valence-electron chi connectivity index (χ4n) is 2.55. The number of thiophene rings is 1. The second-order valence-corrected chi connectivity index (χ2v) is 7.10. The molecule has 26 heavy (non-hydrogen) atoms. The molecule has 0 aliphatic rings.